The van der Waals surface area contributed by atoms with Gasteiger partial charge in [-0.05, 0) is 39.7 Å². The molecule has 2 N–H and O–H groups in total. The number of nitrogens with zero attached hydrogens (tertiary/aromatic N) is 3. The second kappa shape index (κ2) is 7.79. The third-order valence-corrected chi connectivity index (χ3v) is 5.32. The first-order valence-corrected chi connectivity index (χ1v) is 9.05. The monoisotopic (exact) mass is 349 g/mol. The normalized spacial score (nSPS) is 13.6. The van der Waals surface area contributed by atoms with E-state index >= 15 is 0 Å². The molecule has 2 aromatic rings. The number of rotatable bonds is 6. The lowest BCUT2D eigenvalue weighted by Gasteiger charge is -2.16. The summed E-state index contributed by atoms with van der Waals surface area (Å²) in [6.07, 6.45) is 2.65. The van der Waals surface area contributed by atoms with E-state index in [1.807, 2.05) is 38.7 Å². The van der Waals surface area contributed by atoms with Crippen LogP contribution in [0.2, 0.25) is 0 Å². The van der Waals surface area contributed by atoms with Crippen molar-refractivity contribution in [2.45, 2.75) is 53.0 Å². The van der Waals surface area contributed by atoms with Crippen molar-refractivity contribution >= 4 is 17.4 Å². The second-order valence-corrected chi connectivity index (χ2v) is 7.71. The molecule has 6 nitrogen and oxygen atoms in total. The first kappa shape index (κ1) is 18.4. The quantitative estimate of drug-likeness (QED) is 0.842. The SMILES string of the molecule is Cc1cnc([C@@H](C)CNC(=O)N[C@@H](C)Cc2c(C)nn(C)c2C)s1. The Hall–Kier alpha value is -1.89. The van der Waals surface area contributed by atoms with Crippen molar-refractivity contribution in [3.8, 4) is 0 Å². The summed E-state index contributed by atoms with van der Waals surface area (Å²) in [4.78, 5) is 17.7. The van der Waals surface area contributed by atoms with Crippen LogP contribution in [0.15, 0.2) is 6.20 Å². The van der Waals surface area contributed by atoms with Crippen LogP contribution >= 0.6 is 11.3 Å². The smallest absolute Gasteiger partial charge is 0.315 e. The van der Waals surface area contributed by atoms with Crippen molar-refractivity contribution < 1.29 is 4.79 Å². The molecule has 0 unspecified atom stereocenters. The van der Waals surface area contributed by atoms with Gasteiger partial charge in [-0.2, -0.15) is 5.10 Å². The minimum absolute atomic E-state index is 0.0454. The van der Waals surface area contributed by atoms with Gasteiger partial charge in [0.25, 0.3) is 0 Å². The van der Waals surface area contributed by atoms with Gasteiger partial charge in [0.1, 0.15) is 0 Å². The van der Waals surface area contributed by atoms with Crippen molar-refractivity contribution in [3.63, 3.8) is 0 Å². The molecule has 0 saturated heterocycles. The van der Waals surface area contributed by atoms with E-state index < -0.39 is 0 Å². The second-order valence-electron chi connectivity index (χ2n) is 6.44. The van der Waals surface area contributed by atoms with Crippen molar-refractivity contribution in [3.05, 3.63) is 33.0 Å². The summed E-state index contributed by atoms with van der Waals surface area (Å²) in [5.74, 6) is 0.215. The van der Waals surface area contributed by atoms with E-state index in [1.54, 1.807) is 11.3 Å². The fourth-order valence-corrected chi connectivity index (χ4v) is 3.50. The van der Waals surface area contributed by atoms with Crippen molar-refractivity contribution in [2.24, 2.45) is 7.05 Å². The average molecular weight is 350 g/mol. The first-order chi connectivity index (χ1) is 11.3. The molecule has 7 heteroatoms. The highest BCUT2D eigenvalue weighted by Crippen LogP contribution is 2.20. The van der Waals surface area contributed by atoms with Crippen LogP contribution in [0.4, 0.5) is 4.79 Å². The van der Waals surface area contributed by atoms with Crippen LogP contribution in [0.5, 0.6) is 0 Å². The Morgan fingerprint density at radius 2 is 2.04 bits per heavy atom. The number of amides is 2. The van der Waals surface area contributed by atoms with Crippen molar-refractivity contribution in [2.75, 3.05) is 6.54 Å². The average Bonchev–Trinajstić information content (AvgIpc) is 3.04. The van der Waals surface area contributed by atoms with E-state index in [9.17, 15) is 4.79 Å². The molecule has 2 heterocycles. The lowest BCUT2D eigenvalue weighted by Crippen LogP contribution is -2.42. The van der Waals surface area contributed by atoms with Crippen LogP contribution in [0, 0.1) is 20.8 Å². The Labute approximate surface area is 147 Å². The third-order valence-electron chi connectivity index (χ3n) is 4.18. The van der Waals surface area contributed by atoms with E-state index in [0.29, 0.717) is 6.54 Å². The standard InChI is InChI=1S/C17H27N5OS/c1-10(16-18-9-12(3)24-16)8-19-17(23)20-11(2)7-15-13(4)21-22(6)14(15)5/h9-11H,7-8H2,1-6H3,(H2,19,20,23)/t10-,11-/m0/s1. The minimum Gasteiger partial charge on any atom is -0.337 e. The number of aryl methyl sites for hydroxylation is 3. The summed E-state index contributed by atoms with van der Waals surface area (Å²) in [5, 5.41) is 11.4. The number of nitrogens with one attached hydrogen (secondary N) is 2. The summed E-state index contributed by atoms with van der Waals surface area (Å²) >= 11 is 1.68. The summed E-state index contributed by atoms with van der Waals surface area (Å²) in [6, 6.07) is -0.0918. The van der Waals surface area contributed by atoms with Gasteiger partial charge < -0.3 is 10.6 Å². The molecule has 2 amide bonds. The summed E-state index contributed by atoms with van der Waals surface area (Å²) in [5.41, 5.74) is 3.38. The van der Waals surface area contributed by atoms with Crippen molar-refractivity contribution in [1.29, 1.82) is 0 Å². The summed E-state index contributed by atoms with van der Waals surface area (Å²) < 4.78 is 1.88. The Balaban J connectivity index is 1.81. The van der Waals surface area contributed by atoms with Gasteiger partial charge in [-0.15, -0.1) is 11.3 Å². The van der Waals surface area contributed by atoms with E-state index in [2.05, 4.69) is 34.6 Å². The highest BCUT2D eigenvalue weighted by molar-refractivity contribution is 7.11. The maximum Gasteiger partial charge on any atom is 0.315 e. The molecule has 132 valence electrons. The molecule has 0 spiro atoms. The summed E-state index contributed by atoms with van der Waals surface area (Å²) in [7, 11) is 1.94. The number of hydrogen-bond donors (Lipinski definition) is 2. The number of urea groups is 1. The number of carbonyl (C=O) groups is 1. The predicted octanol–water partition coefficient (Wildman–Crippen LogP) is 2.84. The van der Waals surface area contributed by atoms with Gasteiger partial charge in [0.05, 0.1) is 10.7 Å². The van der Waals surface area contributed by atoms with Gasteiger partial charge in [0.2, 0.25) is 0 Å². The maximum atomic E-state index is 12.1. The van der Waals surface area contributed by atoms with E-state index in [4.69, 9.17) is 0 Å². The Bertz CT molecular complexity index is 706. The van der Waals surface area contributed by atoms with Crippen LogP contribution in [0.25, 0.3) is 0 Å². The summed E-state index contributed by atoms with van der Waals surface area (Å²) in [6.45, 7) is 10.8. The molecule has 0 radical (unpaired) electrons. The number of thiazole rings is 1. The first-order valence-electron chi connectivity index (χ1n) is 8.23. The van der Waals surface area contributed by atoms with Gasteiger partial charge in [0, 0.05) is 42.3 Å². The lowest BCUT2D eigenvalue weighted by atomic mass is 10.1. The van der Waals surface area contributed by atoms with Crippen LogP contribution in [-0.2, 0) is 13.5 Å². The lowest BCUT2D eigenvalue weighted by molar-refractivity contribution is 0.237. The zero-order chi connectivity index (χ0) is 17.9. The van der Waals surface area contributed by atoms with Crippen molar-refractivity contribution in [1.82, 2.24) is 25.4 Å². The molecule has 0 aromatic carbocycles. The maximum absolute atomic E-state index is 12.1. The minimum atomic E-state index is -0.137. The molecule has 24 heavy (non-hydrogen) atoms. The molecule has 2 rings (SSSR count). The molecular weight excluding hydrogens is 322 g/mol. The molecule has 2 atom stereocenters. The third kappa shape index (κ3) is 4.56. The zero-order valence-electron chi connectivity index (χ0n) is 15.3. The number of carbonyl (C=O) groups excluding carboxylic acids is 1. The molecule has 0 bridgehead atoms. The molecule has 0 saturated carbocycles. The molecule has 0 aliphatic heterocycles. The van der Waals surface area contributed by atoms with E-state index in [-0.39, 0.29) is 18.0 Å². The molecule has 2 aromatic heterocycles. The predicted molar refractivity (Wildman–Crippen MR) is 97.6 cm³/mol. The molecule has 0 aliphatic carbocycles. The van der Waals surface area contributed by atoms with E-state index in [1.165, 1.54) is 10.4 Å². The van der Waals surface area contributed by atoms with Crippen LogP contribution in [0.3, 0.4) is 0 Å². The largest absolute Gasteiger partial charge is 0.337 e. The molecule has 0 fully saturated rings. The topological polar surface area (TPSA) is 71.8 Å². The van der Waals surface area contributed by atoms with Gasteiger partial charge in [0.15, 0.2) is 0 Å². The zero-order valence-corrected chi connectivity index (χ0v) is 16.1. The number of aromatic nitrogens is 3. The van der Waals surface area contributed by atoms with Gasteiger partial charge in [-0.25, -0.2) is 9.78 Å². The molecular formula is C17H27N5OS. The highest BCUT2D eigenvalue weighted by Gasteiger charge is 2.16. The highest BCUT2D eigenvalue weighted by atomic mass is 32.1. The Kier molecular flexibility index (Phi) is 5.99. The van der Waals surface area contributed by atoms with Gasteiger partial charge in [-0.3, -0.25) is 4.68 Å². The van der Waals surface area contributed by atoms with E-state index in [0.717, 1.165) is 22.8 Å². The fourth-order valence-electron chi connectivity index (χ4n) is 2.68. The molecule has 0 aliphatic rings. The van der Waals surface area contributed by atoms with Crippen LogP contribution < -0.4 is 10.6 Å². The Morgan fingerprint density at radius 1 is 1.33 bits per heavy atom. The number of hydrogen-bond acceptors (Lipinski definition) is 4. The Morgan fingerprint density at radius 3 is 2.58 bits per heavy atom. The van der Waals surface area contributed by atoms with Gasteiger partial charge >= 0.3 is 6.03 Å². The van der Waals surface area contributed by atoms with Gasteiger partial charge in [-0.1, -0.05) is 6.92 Å². The van der Waals surface area contributed by atoms with Crippen LogP contribution in [-0.4, -0.2) is 33.4 Å². The van der Waals surface area contributed by atoms with Crippen LogP contribution in [0.1, 0.15) is 46.6 Å². The fraction of sp³-hybridized carbons (Fsp3) is 0.588.